The third kappa shape index (κ3) is 2.84. The summed E-state index contributed by atoms with van der Waals surface area (Å²) in [5.41, 5.74) is 2.70. The summed E-state index contributed by atoms with van der Waals surface area (Å²) in [4.78, 5) is 18.7. The van der Waals surface area contributed by atoms with Gasteiger partial charge in [0.1, 0.15) is 5.82 Å². The second-order valence-corrected chi connectivity index (χ2v) is 7.56. The molecule has 1 aliphatic rings. The fraction of sp³-hybridized carbons (Fsp3) is 0.176. The zero-order chi connectivity index (χ0) is 15.8. The van der Waals surface area contributed by atoms with Crippen molar-refractivity contribution in [2.45, 2.75) is 10.8 Å². The molecule has 1 aliphatic heterocycles. The molecule has 0 unspecified atom stereocenters. The molecule has 0 radical (unpaired) electrons. The van der Waals surface area contributed by atoms with Crippen LogP contribution in [0, 0.1) is 5.82 Å². The van der Waals surface area contributed by atoms with Gasteiger partial charge in [-0.2, -0.15) is 0 Å². The highest BCUT2D eigenvalue weighted by Gasteiger charge is 2.25. The van der Waals surface area contributed by atoms with Crippen LogP contribution in [0.25, 0.3) is 10.2 Å². The van der Waals surface area contributed by atoms with Crippen LogP contribution in [0.15, 0.2) is 46.8 Å². The first kappa shape index (κ1) is 14.7. The number of rotatable bonds is 3. The maximum atomic E-state index is 13.4. The van der Waals surface area contributed by atoms with Crippen molar-refractivity contribution in [3.63, 3.8) is 0 Å². The minimum atomic E-state index is -0.303. The highest BCUT2D eigenvalue weighted by molar-refractivity contribution is 8.01. The Labute approximate surface area is 141 Å². The Bertz CT molecular complexity index is 860. The van der Waals surface area contributed by atoms with Crippen LogP contribution in [0.1, 0.15) is 5.56 Å². The van der Waals surface area contributed by atoms with E-state index in [1.165, 1.54) is 23.9 Å². The first-order valence-corrected chi connectivity index (χ1v) is 9.08. The normalized spacial score (nSPS) is 13.5. The van der Waals surface area contributed by atoms with E-state index < -0.39 is 0 Å². The summed E-state index contributed by atoms with van der Waals surface area (Å²) in [6.07, 6.45) is 0.785. The van der Waals surface area contributed by atoms with Crippen LogP contribution in [0.5, 0.6) is 0 Å². The van der Waals surface area contributed by atoms with E-state index >= 15 is 0 Å². The van der Waals surface area contributed by atoms with Crippen LogP contribution in [0.4, 0.5) is 10.1 Å². The number of benzene rings is 2. The van der Waals surface area contributed by atoms with E-state index in [1.807, 2.05) is 24.3 Å². The Hall–Kier alpha value is -1.92. The summed E-state index contributed by atoms with van der Waals surface area (Å²) < 4.78 is 15.4. The van der Waals surface area contributed by atoms with Gasteiger partial charge in [0.15, 0.2) is 4.34 Å². The summed E-state index contributed by atoms with van der Waals surface area (Å²) in [6.45, 7) is 0.623. The van der Waals surface area contributed by atoms with E-state index in [1.54, 1.807) is 22.3 Å². The van der Waals surface area contributed by atoms with Gasteiger partial charge in [0.05, 0.1) is 16.0 Å². The third-order valence-electron chi connectivity index (χ3n) is 3.84. The number of aromatic nitrogens is 1. The molecule has 0 aliphatic carbocycles. The molecule has 3 nitrogen and oxygen atoms in total. The second kappa shape index (κ2) is 5.94. The zero-order valence-corrected chi connectivity index (χ0v) is 13.8. The summed E-state index contributed by atoms with van der Waals surface area (Å²) in [7, 11) is 0. The number of thioether (sulfide) groups is 1. The van der Waals surface area contributed by atoms with Crippen molar-refractivity contribution in [2.24, 2.45) is 0 Å². The van der Waals surface area contributed by atoms with Crippen LogP contribution in [0.2, 0.25) is 0 Å². The number of amides is 1. The summed E-state index contributed by atoms with van der Waals surface area (Å²) in [5, 5.41) is 0. The number of hydrogen-bond acceptors (Lipinski definition) is 4. The molecule has 2 heterocycles. The molecule has 2 aromatic carbocycles. The number of halogens is 1. The monoisotopic (exact) mass is 344 g/mol. The summed E-state index contributed by atoms with van der Waals surface area (Å²) in [5.74, 6) is 0.0105. The van der Waals surface area contributed by atoms with Crippen molar-refractivity contribution >= 4 is 44.9 Å². The minimum absolute atomic E-state index is 0.00129. The SMILES string of the molecule is O=C(CSc1nc2ccccc2s1)N1CCc2ccc(F)cc21. The lowest BCUT2D eigenvalue weighted by molar-refractivity contribution is -0.116. The molecule has 116 valence electrons. The van der Waals surface area contributed by atoms with Crippen molar-refractivity contribution in [1.82, 2.24) is 4.98 Å². The molecule has 23 heavy (non-hydrogen) atoms. The average molecular weight is 344 g/mol. The van der Waals surface area contributed by atoms with E-state index in [0.717, 1.165) is 26.5 Å². The maximum absolute atomic E-state index is 13.4. The molecule has 0 spiro atoms. The quantitative estimate of drug-likeness (QED) is 0.670. The van der Waals surface area contributed by atoms with Crippen molar-refractivity contribution < 1.29 is 9.18 Å². The Kier molecular flexibility index (Phi) is 3.79. The highest BCUT2D eigenvalue weighted by Crippen LogP contribution is 2.32. The molecule has 0 atom stereocenters. The van der Waals surface area contributed by atoms with E-state index in [-0.39, 0.29) is 11.7 Å². The number of hydrogen-bond donors (Lipinski definition) is 0. The van der Waals surface area contributed by atoms with Gasteiger partial charge in [-0.3, -0.25) is 4.79 Å². The minimum Gasteiger partial charge on any atom is -0.311 e. The van der Waals surface area contributed by atoms with E-state index in [9.17, 15) is 9.18 Å². The summed E-state index contributed by atoms with van der Waals surface area (Å²) in [6, 6.07) is 12.6. The number of para-hydroxylation sites is 1. The Morgan fingerprint density at radius 2 is 2.17 bits per heavy atom. The molecule has 6 heteroatoms. The largest absolute Gasteiger partial charge is 0.311 e. The van der Waals surface area contributed by atoms with Crippen LogP contribution in [-0.2, 0) is 11.2 Å². The Morgan fingerprint density at radius 1 is 1.30 bits per heavy atom. The van der Waals surface area contributed by atoms with Gasteiger partial charge < -0.3 is 4.90 Å². The van der Waals surface area contributed by atoms with E-state index in [4.69, 9.17) is 0 Å². The molecule has 0 fully saturated rings. The standard InChI is InChI=1S/C17H13FN2OS2/c18-12-6-5-11-7-8-20(14(11)9-12)16(21)10-22-17-19-13-3-1-2-4-15(13)23-17/h1-6,9H,7-8,10H2. The Balaban J connectivity index is 1.48. The van der Waals surface area contributed by atoms with Crippen LogP contribution in [0.3, 0.4) is 0 Å². The third-order valence-corrected chi connectivity index (χ3v) is 6.00. The van der Waals surface area contributed by atoms with Crippen LogP contribution < -0.4 is 4.90 Å². The lowest BCUT2D eigenvalue weighted by atomic mass is 10.2. The van der Waals surface area contributed by atoms with E-state index in [0.29, 0.717) is 18.0 Å². The fourth-order valence-electron chi connectivity index (χ4n) is 2.73. The van der Waals surface area contributed by atoms with Gasteiger partial charge in [-0.25, -0.2) is 9.37 Å². The van der Waals surface area contributed by atoms with Crippen LogP contribution in [-0.4, -0.2) is 23.2 Å². The predicted octanol–water partition coefficient (Wildman–Crippen LogP) is 4.12. The number of anilines is 1. The topological polar surface area (TPSA) is 33.2 Å². The first-order valence-electron chi connectivity index (χ1n) is 7.28. The first-order chi connectivity index (χ1) is 11.2. The molecule has 0 saturated carbocycles. The van der Waals surface area contributed by atoms with Gasteiger partial charge in [-0.05, 0) is 36.2 Å². The molecule has 1 aromatic heterocycles. The highest BCUT2D eigenvalue weighted by atomic mass is 32.2. The van der Waals surface area contributed by atoms with Gasteiger partial charge in [0.2, 0.25) is 5.91 Å². The molecule has 4 rings (SSSR count). The second-order valence-electron chi connectivity index (χ2n) is 5.30. The molecule has 0 saturated heterocycles. The van der Waals surface area contributed by atoms with Gasteiger partial charge in [0.25, 0.3) is 0 Å². The average Bonchev–Trinajstić information content (AvgIpc) is 3.15. The van der Waals surface area contributed by atoms with Gasteiger partial charge in [-0.1, -0.05) is 30.0 Å². The zero-order valence-electron chi connectivity index (χ0n) is 12.2. The van der Waals surface area contributed by atoms with Crippen molar-refractivity contribution in [3.8, 4) is 0 Å². The number of fused-ring (bicyclic) bond motifs is 2. The van der Waals surface area contributed by atoms with E-state index in [2.05, 4.69) is 4.98 Å². The molecule has 0 N–H and O–H groups in total. The van der Waals surface area contributed by atoms with Crippen molar-refractivity contribution in [1.29, 1.82) is 0 Å². The van der Waals surface area contributed by atoms with Gasteiger partial charge in [-0.15, -0.1) is 11.3 Å². The van der Waals surface area contributed by atoms with Gasteiger partial charge >= 0.3 is 0 Å². The smallest absolute Gasteiger partial charge is 0.237 e. The molecule has 3 aromatic rings. The predicted molar refractivity (Wildman–Crippen MR) is 92.8 cm³/mol. The number of thiazole rings is 1. The molecular formula is C17H13FN2OS2. The van der Waals surface area contributed by atoms with Crippen molar-refractivity contribution in [2.75, 3.05) is 17.2 Å². The molecule has 0 bridgehead atoms. The molecular weight excluding hydrogens is 331 g/mol. The van der Waals surface area contributed by atoms with Crippen LogP contribution >= 0.6 is 23.1 Å². The molecule has 1 amide bonds. The lowest BCUT2D eigenvalue weighted by Crippen LogP contribution is -2.30. The maximum Gasteiger partial charge on any atom is 0.237 e. The lowest BCUT2D eigenvalue weighted by Gasteiger charge is -2.16. The number of nitrogens with zero attached hydrogens (tertiary/aromatic N) is 2. The number of carbonyl (C=O) groups excluding carboxylic acids is 1. The van der Waals surface area contributed by atoms with Crippen molar-refractivity contribution in [3.05, 3.63) is 53.8 Å². The summed E-state index contributed by atoms with van der Waals surface area (Å²) >= 11 is 3.03. The fourth-order valence-corrected chi connectivity index (χ4v) is 4.67. The number of carbonyl (C=O) groups is 1. The van der Waals surface area contributed by atoms with Gasteiger partial charge in [0, 0.05) is 12.2 Å². The Morgan fingerprint density at radius 3 is 3.04 bits per heavy atom.